The molecule has 0 unspecified atom stereocenters. The Labute approximate surface area is 135 Å². The lowest BCUT2D eigenvalue weighted by molar-refractivity contribution is 0.518. The van der Waals surface area contributed by atoms with Gasteiger partial charge in [-0.25, -0.2) is 4.99 Å². The number of nitrogens with zero attached hydrogens (tertiary/aromatic N) is 1. The average Bonchev–Trinajstić information content (AvgIpc) is 3.14. The third kappa shape index (κ3) is 4.86. The van der Waals surface area contributed by atoms with E-state index in [1.165, 1.54) is 10.4 Å². The summed E-state index contributed by atoms with van der Waals surface area (Å²) in [6.07, 6.45) is 0. The van der Waals surface area contributed by atoms with Gasteiger partial charge in [0.25, 0.3) is 0 Å². The summed E-state index contributed by atoms with van der Waals surface area (Å²) in [5.74, 6) is 0.883. The van der Waals surface area contributed by atoms with Crippen molar-refractivity contribution in [2.24, 2.45) is 4.99 Å². The standard InChI is InChI=1S/C16H23N3S2/c1-4-17-15(18-10-13-7-9-20-11-13)19-12-16(2,3)14-6-5-8-21-14/h5-9,11H,4,10,12H2,1-3H3,(H2,17,18,19). The first kappa shape index (κ1) is 16.0. The third-order valence-electron chi connectivity index (χ3n) is 3.23. The van der Waals surface area contributed by atoms with Gasteiger partial charge in [-0.3, -0.25) is 0 Å². The van der Waals surface area contributed by atoms with Gasteiger partial charge in [0.05, 0.1) is 6.54 Å². The van der Waals surface area contributed by atoms with Gasteiger partial charge in [0.15, 0.2) is 5.96 Å². The van der Waals surface area contributed by atoms with Crippen LogP contribution in [0, 0.1) is 0 Å². The van der Waals surface area contributed by atoms with Crippen LogP contribution in [0.1, 0.15) is 31.2 Å². The Kier molecular flexibility index (Phi) is 5.82. The van der Waals surface area contributed by atoms with Crippen molar-refractivity contribution in [2.75, 3.05) is 13.1 Å². The summed E-state index contributed by atoms with van der Waals surface area (Å²) in [6.45, 7) is 9.06. The molecule has 0 fully saturated rings. The van der Waals surface area contributed by atoms with Gasteiger partial charge in [0.1, 0.15) is 0 Å². The normalized spacial score (nSPS) is 12.4. The highest BCUT2D eigenvalue weighted by atomic mass is 32.1. The zero-order valence-electron chi connectivity index (χ0n) is 12.8. The van der Waals surface area contributed by atoms with Crippen molar-refractivity contribution in [2.45, 2.75) is 32.7 Å². The highest BCUT2D eigenvalue weighted by Gasteiger charge is 2.21. The third-order valence-corrected chi connectivity index (χ3v) is 5.20. The van der Waals surface area contributed by atoms with Crippen LogP contribution in [0.2, 0.25) is 0 Å². The topological polar surface area (TPSA) is 36.4 Å². The zero-order valence-corrected chi connectivity index (χ0v) is 14.5. The molecule has 0 saturated heterocycles. The quantitative estimate of drug-likeness (QED) is 0.626. The second-order valence-electron chi connectivity index (χ2n) is 5.54. The van der Waals surface area contributed by atoms with E-state index in [4.69, 9.17) is 0 Å². The summed E-state index contributed by atoms with van der Waals surface area (Å²) in [5.41, 5.74) is 1.36. The summed E-state index contributed by atoms with van der Waals surface area (Å²) in [5, 5.41) is 13.1. The van der Waals surface area contributed by atoms with E-state index in [0.717, 1.165) is 25.6 Å². The molecule has 3 nitrogen and oxygen atoms in total. The highest BCUT2D eigenvalue weighted by Crippen LogP contribution is 2.26. The summed E-state index contributed by atoms with van der Waals surface area (Å²) in [4.78, 5) is 6.04. The SMILES string of the molecule is CCNC(=NCc1ccsc1)NCC(C)(C)c1cccs1. The first-order valence-corrected chi connectivity index (χ1v) is 9.01. The van der Waals surface area contributed by atoms with Crippen LogP contribution in [0.3, 0.4) is 0 Å². The van der Waals surface area contributed by atoms with Gasteiger partial charge in [-0.2, -0.15) is 11.3 Å². The van der Waals surface area contributed by atoms with Gasteiger partial charge in [-0.15, -0.1) is 11.3 Å². The van der Waals surface area contributed by atoms with Crippen molar-refractivity contribution in [3.63, 3.8) is 0 Å². The second-order valence-corrected chi connectivity index (χ2v) is 7.27. The van der Waals surface area contributed by atoms with E-state index >= 15 is 0 Å². The number of aliphatic imine (C=N–C) groups is 1. The van der Waals surface area contributed by atoms with E-state index in [9.17, 15) is 0 Å². The second kappa shape index (κ2) is 7.61. The van der Waals surface area contributed by atoms with E-state index < -0.39 is 0 Å². The molecule has 0 bridgehead atoms. The lowest BCUT2D eigenvalue weighted by Crippen LogP contribution is -2.43. The number of hydrogen-bond acceptors (Lipinski definition) is 3. The molecule has 5 heteroatoms. The van der Waals surface area contributed by atoms with E-state index in [1.54, 1.807) is 11.3 Å². The fourth-order valence-corrected chi connectivity index (χ4v) is 3.46. The molecule has 0 radical (unpaired) electrons. The maximum Gasteiger partial charge on any atom is 0.191 e. The fraction of sp³-hybridized carbons (Fsp3) is 0.438. The Morgan fingerprint density at radius 3 is 2.71 bits per heavy atom. The molecule has 114 valence electrons. The molecule has 0 spiro atoms. The number of nitrogens with one attached hydrogen (secondary N) is 2. The van der Waals surface area contributed by atoms with Gasteiger partial charge in [0, 0.05) is 23.4 Å². The van der Waals surface area contributed by atoms with E-state index in [0.29, 0.717) is 0 Å². The van der Waals surface area contributed by atoms with E-state index in [1.807, 2.05) is 11.3 Å². The Bertz CT molecular complexity index is 542. The largest absolute Gasteiger partial charge is 0.357 e. The Morgan fingerprint density at radius 2 is 2.10 bits per heavy atom. The van der Waals surface area contributed by atoms with Crippen LogP contribution in [-0.4, -0.2) is 19.0 Å². The first-order chi connectivity index (χ1) is 10.1. The number of hydrogen-bond donors (Lipinski definition) is 2. The van der Waals surface area contributed by atoms with Crippen LogP contribution in [0.5, 0.6) is 0 Å². The molecule has 2 aromatic heterocycles. The maximum atomic E-state index is 4.64. The molecule has 0 aliphatic carbocycles. The Balaban J connectivity index is 1.95. The number of rotatable bonds is 6. The Hall–Kier alpha value is -1.33. The molecule has 0 aromatic carbocycles. The van der Waals surface area contributed by atoms with Crippen LogP contribution in [0.25, 0.3) is 0 Å². The van der Waals surface area contributed by atoms with Crippen LogP contribution in [0.15, 0.2) is 39.3 Å². The summed E-state index contributed by atoms with van der Waals surface area (Å²) in [7, 11) is 0. The lowest BCUT2D eigenvalue weighted by atomic mass is 9.91. The van der Waals surface area contributed by atoms with Crippen LogP contribution in [0.4, 0.5) is 0 Å². The maximum absolute atomic E-state index is 4.64. The summed E-state index contributed by atoms with van der Waals surface area (Å²) >= 11 is 3.52. The molecule has 2 rings (SSSR count). The molecule has 0 aliphatic heterocycles. The molecular formula is C16H23N3S2. The molecule has 0 saturated carbocycles. The lowest BCUT2D eigenvalue weighted by Gasteiger charge is -2.25. The minimum atomic E-state index is 0.104. The van der Waals surface area contributed by atoms with Crippen molar-refractivity contribution in [1.29, 1.82) is 0 Å². The molecule has 21 heavy (non-hydrogen) atoms. The minimum absolute atomic E-state index is 0.104. The molecule has 0 atom stereocenters. The predicted octanol–water partition coefficient (Wildman–Crippen LogP) is 3.84. The first-order valence-electron chi connectivity index (χ1n) is 7.19. The predicted molar refractivity (Wildman–Crippen MR) is 94.5 cm³/mol. The van der Waals surface area contributed by atoms with Gasteiger partial charge < -0.3 is 10.6 Å². The molecule has 2 heterocycles. The van der Waals surface area contributed by atoms with Crippen LogP contribution < -0.4 is 10.6 Å². The zero-order chi connectivity index (χ0) is 15.1. The minimum Gasteiger partial charge on any atom is -0.357 e. The fourth-order valence-electron chi connectivity index (χ4n) is 1.95. The van der Waals surface area contributed by atoms with Gasteiger partial charge >= 0.3 is 0 Å². The van der Waals surface area contributed by atoms with Crippen molar-refractivity contribution in [3.8, 4) is 0 Å². The highest BCUT2D eigenvalue weighted by molar-refractivity contribution is 7.10. The van der Waals surface area contributed by atoms with E-state index in [2.05, 4.69) is 70.7 Å². The van der Waals surface area contributed by atoms with Gasteiger partial charge in [0.2, 0.25) is 0 Å². The molecule has 0 aliphatic rings. The summed E-state index contributed by atoms with van der Waals surface area (Å²) < 4.78 is 0. The van der Waals surface area contributed by atoms with Gasteiger partial charge in [-0.05, 0) is 40.8 Å². The van der Waals surface area contributed by atoms with Crippen molar-refractivity contribution >= 4 is 28.6 Å². The monoisotopic (exact) mass is 321 g/mol. The molecule has 2 aromatic rings. The summed E-state index contributed by atoms with van der Waals surface area (Å²) in [6, 6.07) is 6.42. The van der Waals surface area contributed by atoms with Crippen LogP contribution >= 0.6 is 22.7 Å². The van der Waals surface area contributed by atoms with Crippen molar-refractivity contribution in [3.05, 3.63) is 44.8 Å². The molecule has 2 N–H and O–H groups in total. The number of guanidine groups is 1. The number of thiophene rings is 2. The van der Waals surface area contributed by atoms with Crippen LogP contribution in [-0.2, 0) is 12.0 Å². The molecular weight excluding hydrogens is 298 g/mol. The van der Waals surface area contributed by atoms with E-state index in [-0.39, 0.29) is 5.41 Å². The van der Waals surface area contributed by atoms with Crippen molar-refractivity contribution in [1.82, 2.24) is 10.6 Å². The Morgan fingerprint density at radius 1 is 1.24 bits per heavy atom. The van der Waals surface area contributed by atoms with Gasteiger partial charge in [-0.1, -0.05) is 19.9 Å². The molecule has 0 amide bonds. The van der Waals surface area contributed by atoms with Crippen molar-refractivity contribution < 1.29 is 0 Å². The average molecular weight is 322 g/mol. The smallest absolute Gasteiger partial charge is 0.191 e.